The van der Waals surface area contributed by atoms with Crippen LogP contribution in [0.5, 0.6) is 0 Å². The van der Waals surface area contributed by atoms with E-state index in [-0.39, 0.29) is 46.6 Å². The molecule has 0 bridgehead atoms. The van der Waals surface area contributed by atoms with E-state index in [1.807, 2.05) is 0 Å². The van der Waals surface area contributed by atoms with Crippen LogP contribution in [-0.2, 0) is 13.6 Å². The van der Waals surface area contributed by atoms with Crippen molar-refractivity contribution in [1.82, 2.24) is 4.98 Å². The largest absolute Gasteiger partial charge is 0.363 e. The summed E-state index contributed by atoms with van der Waals surface area (Å²) in [6, 6.07) is 15.2. The van der Waals surface area contributed by atoms with E-state index in [9.17, 15) is 18.1 Å². The fourth-order valence-corrected chi connectivity index (χ4v) is 6.15. The number of halogens is 2. The van der Waals surface area contributed by atoms with Crippen LogP contribution in [-0.4, -0.2) is 24.0 Å². The van der Waals surface area contributed by atoms with E-state index in [0.29, 0.717) is 22.1 Å². The summed E-state index contributed by atoms with van der Waals surface area (Å²) in [7, 11) is -3.77. The van der Waals surface area contributed by atoms with Crippen molar-refractivity contribution >= 4 is 29.6 Å². The average molecular weight is 479 g/mol. The molecule has 8 heteroatoms. The van der Waals surface area contributed by atoms with Gasteiger partial charge >= 0.3 is 7.60 Å². The van der Waals surface area contributed by atoms with Gasteiger partial charge in [-0.2, -0.15) is 0 Å². The Morgan fingerprint density at radius 1 is 0.853 bits per heavy atom. The number of para-hydroxylation sites is 1. The third kappa shape index (κ3) is 3.40. The number of aromatic nitrogens is 1. The van der Waals surface area contributed by atoms with Crippen LogP contribution in [0.15, 0.2) is 60.7 Å². The van der Waals surface area contributed by atoms with Gasteiger partial charge in [-0.05, 0) is 37.6 Å². The molecule has 0 spiro atoms. The molecule has 4 aromatic rings. The highest BCUT2D eigenvalue weighted by Gasteiger charge is 2.36. The number of carbonyl (C=O) groups is 1. The lowest BCUT2D eigenvalue weighted by Gasteiger charge is -2.20. The third-order valence-corrected chi connectivity index (χ3v) is 7.89. The second-order valence-corrected chi connectivity index (χ2v) is 9.71. The molecule has 0 radical (unpaired) electrons. The molecular weight excluding hydrogens is 459 g/mol. The lowest BCUT2D eigenvalue weighted by molar-refractivity contribution is 0.104. The second kappa shape index (κ2) is 8.51. The van der Waals surface area contributed by atoms with Crippen molar-refractivity contribution in [3.63, 3.8) is 0 Å². The molecule has 5 rings (SSSR count). The van der Waals surface area contributed by atoms with Gasteiger partial charge in [0.25, 0.3) is 0 Å². The summed E-state index contributed by atoms with van der Waals surface area (Å²) in [4.78, 5) is 18.1. The maximum Gasteiger partial charge on any atom is 0.363 e. The molecule has 1 aromatic heterocycles. The van der Waals surface area contributed by atoms with E-state index in [1.165, 1.54) is 6.07 Å². The normalized spacial score (nSPS) is 12.8. The Kier molecular flexibility index (Phi) is 5.64. The lowest BCUT2D eigenvalue weighted by Crippen LogP contribution is -2.14. The SMILES string of the molecule is CCOP(=O)(OCC)c1cccc2c3c(c(-c4ccc(F)cc4F)nc12)C(=O)c1ccccc1-3. The number of fused-ring (bicyclic) bond motifs is 5. The third-order valence-electron chi connectivity index (χ3n) is 5.74. The van der Waals surface area contributed by atoms with Gasteiger partial charge < -0.3 is 9.05 Å². The summed E-state index contributed by atoms with van der Waals surface area (Å²) in [6.45, 7) is 3.69. The fourth-order valence-electron chi connectivity index (χ4n) is 4.42. The van der Waals surface area contributed by atoms with Gasteiger partial charge in [0.05, 0.1) is 35.3 Å². The van der Waals surface area contributed by atoms with Gasteiger partial charge in [0.15, 0.2) is 5.78 Å². The minimum atomic E-state index is -3.77. The van der Waals surface area contributed by atoms with Crippen molar-refractivity contribution in [2.45, 2.75) is 13.8 Å². The summed E-state index contributed by atoms with van der Waals surface area (Å²) in [5.74, 6) is -1.90. The van der Waals surface area contributed by atoms with Crippen molar-refractivity contribution in [1.29, 1.82) is 0 Å². The Balaban J connectivity index is 1.94. The van der Waals surface area contributed by atoms with Crippen LogP contribution >= 0.6 is 7.60 Å². The van der Waals surface area contributed by atoms with Crippen molar-refractivity contribution < 1.29 is 27.2 Å². The fraction of sp³-hybridized carbons (Fsp3) is 0.154. The van der Waals surface area contributed by atoms with E-state index in [2.05, 4.69) is 4.98 Å². The zero-order chi connectivity index (χ0) is 24.0. The maximum absolute atomic E-state index is 14.9. The Morgan fingerprint density at radius 3 is 2.24 bits per heavy atom. The van der Waals surface area contributed by atoms with Gasteiger partial charge in [0.1, 0.15) is 11.6 Å². The highest BCUT2D eigenvalue weighted by atomic mass is 31.2. The van der Waals surface area contributed by atoms with E-state index >= 15 is 0 Å². The molecule has 0 fully saturated rings. The maximum atomic E-state index is 14.9. The van der Waals surface area contributed by atoms with Gasteiger partial charge in [-0.3, -0.25) is 9.36 Å². The zero-order valence-electron chi connectivity index (χ0n) is 18.5. The molecule has 0 atom stereocenters. The van der Waals surface area contributed by atoms with Crippen LogP contribution in [0.1, 0.15) is 29.8 Å². The summed E-state index contributed by atoms with van der Waals surface area (Å²) in [5, 5.41) is 0.786. The smallest absolute Gasteiger partial charge is 0.305 e. The monoisotopic (exact) mass is 479 g/mol. The first-order chi connectivity index (χ1) is 16.4. The Hall–Kier alpha value is -3.25. The number of pyridine rings is 1. The molecular formula is C26H20F2NO4P. The Labute approximate surface area is 194 Å². The van der Waals surface area contributed by atoms with E-state index < -0.39 is 19.2 Å². The standard InChI is InChI=1S/C26H20F2NO4P/c1-3-32-34(31,33-4-2)21-11-7-10-19-22-16-8-5-6-9-17(16)26(30)23(22)25(29-24(19)21)18-13-12-15(27)14-20(18)28/h5-14H,3-4H2,1-2H3. The number of carbonyl (C=O) groups excluding carboxylic acids is 1. The molecule has 1 heterocycles. The molecule has 0 saturated heterocycles. The molecule has 0 N–H and O–H groups in total. The van der Waals surface area contributed by atoms with Crippen molar-refractivity contribution in [2.24, 2.45) is 0 Å². The summed E-state index contributed by atoms with van der Waals surface area (Å²) >= 11 is 0. The number of hydrogen-bond donors (Lipinski definition) is 0. The molecule has 34 heavy (non-hydrogen) atoms. The van der Waals surface area contributed by atoms with Gasteiger partial charge in [-0.15, -0.1) is 0 Å². The lowest BCUT2D eigenvalue weighted by atomic mass is 9.96. The van der Waals surface area contributed by atoms with Crippen LogP contribution < -0.4 is 5.30 Å². The first-order valence-electron chi connectivity index (χ1n) is 10.9. The van der Waals surface area contributed by atoms with E-state index in [0.717, 1.165) is 12.1 Å². The summed E-state index contributed by atoms with van der Waals surface area (Å²) < 4.78 is 53.5. The minimum absolute atomic E-state index is 0.0295. The number of nitrogens with zero attached hydrogens (tertiary/aromatic N) is 1. The molecule has 1 aliphatic rings. The van der Waals surface area contributed by atoms with Crippen LogP contribution in [0.3, 0.4) is 0 Å². The zero-order valence-corrected chi connectivity index (χ0v) is 19.4. The first kappa shape index (κ1) is 22.5. The Bertz CT molecular complexity index is 1510. The van der Waals surface area contributed by atoms with Gasteiger partial charge in [0.2, 0.25) is 0 Å². The number of hydrogen-bond acceptors (Lipinski definition) is 5. The van der Waals surface area contributed by atoms with Crippen molar-refractivity contribution in [3.05, 3.63) is 83.4 Å². The number of benzene rings is 3. The van der Waals surface area contributed by atoms with E-state index in [1.54, 1.807) is 56.3 Å². The van der Waals surface area contributed by atoms with Crippen LogP contribution in [0.4, 0.5) is 8.78 Å². The van der Waals surface area contributed by atoms with Crippen molar-refractivity contribution in [3.8, 4) is 22.4 Å². The molecule has 3 aromatic carbocycles. The highest BCUT2D eigenvalue weighted by molar-refractivity contribution is 7.62. The van der Waals surface area contributed by atoms with Gasteiger partial charge in [-0.25, -0.2) is 13.8 Å². The van der Waals surface area contributed by atoms with Gasteiger partial charge in [0, 0.05) is 28.1 Å². The first-order valence-corrected chi connectivity index (χ1v) is 12.4. The predicted octanol–water partition coefficient (Wildman–Crippen LogP) is 6.28. The minimum Gasteiger partial charge on any atom is -0.305 e. The molecule has 1 aliphatic carbocycles. The van der Waals surface area contributed by atoms with Gasteiger partial charge in [-0.1, -0.05) is 36.4 Å². The average Bonchev–Trinajstić information content (AvgIpc) is 3.12. The van der Waals surface area contributed by atoms with E-state index in [4.69, 9.17) is 9.05 Å². The molecule has 5 nitrogen and oxygen atoms in total. The van der Waals surface area contributed by atoms with Crippen LogP contribution in [0.2, 0.25) is 0 Å². The molecule has 0 unspecified atom stereocenters. The molecule has 0 saturated carbocycles. The second-order valence-electron chi connectivity index (χ2n) is 7.72. The number of ketones is 1. The molecule has 0 amide bonds. The highest BCUT2D eigenvalue weighted by Crippen LogP contribution is 2.51. The predicted molar refractivity (Wildman–Crippen MR) is 126 cm³/mol. The quantitative estimate of drug-likeness (QED) is 0.268. The topological polar surface area (TPSA) is 65.5 Å². The van der Waals surface area contributed by atoms with Crippen molar-refractivity contribution in [2.75, 3.05) is 13.2 Å². The molecule has 0 aliphatic heterocycles. The van der Waals surface area contributed by atoms with Crippen LogP contribution in [0, 0.1) is 11.6 Å². The number of rotatable bonds is 6. The molecule has 172 valence electrons. The summed E-state index contributed by atoms with van der Waals surface area (Å²) in [5.41, 5.74) is 2.20. The summed E-state index contributed by atoms with van der Waals surface area (Å²) in [6.07, 6.45) is 0. The van der Waals surface area contributed by atoms with Crippen LogP contribution in [0.25, 0.3) is 33.3 Å². The Morgan fingerprint density at radius 2 is 1.56 bits per heavy atom.